The first kappa shape index (κ1) is 14.4. The fourth-order valence-corrected chi connectivity index (χ4v) is 3.04. The molecule has 1 aliphatic carbocycles. The van der Waals surface area contributed by atoms with Gasteiger partial charge in [0.15, 0.2) is 0 Å². The smallest absolute Gasteiger partial charge is 0.201 e. The van der Waals surface area contributed by atoms with Crippen molar-refractivity contribution in [3.05, 3.63) is 52.1 Å². The second kappa shape index (κ2) is 5.37. The maximum absolute atomic E-state index is 13.0. The van der Waals surface area contributed by atoms with E-state index in [0.717, 1.165) is 16.7 Å². The molecule has 4 nitrogen and oxygen atoms in total. The molecule has 4 heteroatoms. The van der Waals surface area contributed by atoms with Crippen LogP contribution in [0.15, 0.2) is 24.3 Å². The first-order valence-corrected chi connectivity index (χ1v) is 7.06. The number of aryl methyl sites for hydroxylation is 1. The molecule has 0 aliphatic heterocycles. The molecule has 2 aromatic carbocycles. The Morgan fingerprint density at radius 2 is 1.41 bits per heavy atom. The van der Waals surface area contributed by atoms with Gasteiger partial charge in [-0.05, 0) is 42.2 Å². The van der Waals surface area contributed by atoms with Gasteiger partial charge in [-0.3, -0.25) is 4.79 Å². The van der Waals surface area contributed by atoms with E-state index in [0.29, 0.717) is 34.8 Å². The summed E-state index contributed by atoms with van der Waals surface area (Å²) in [5.74, 6) is 1.77. The molecule has 0 N–H and O–H groups in total. The van der Waals surface area contributed by atoms with Gasteiger partial charge >= 0.3 is 0 Å². The number of rotatable bonds is 3. The Morgan fingerprint density at radius 3 is 2.00 bits per heavy atom. The summed E-state index contributed by atoms with van der Waals surface area (Å²) < 4.78 is 16.1. The van der Waals surface area contributed by atoms with Crippen LogP contribution in [0.3, 0.4) is 0 Å². The van der Waals surface area contributed by atoms with Crippen LogP contribution in [0.5, 0.6) is 17.2 Å². The van der Waals surface area contributed by atoms with Gasteiger partial charge in [0, 0.05) is 6.07 Å². The third-order valence-corrected chi connectivity index (χ3v) is 4.00. The Bertz CT molecular complexity index is 762. The third kappa shape index (κ3) is 2.11. The SMILES string of the molecule is COc1cc2c(c(OC)c1)C(=O)c1c(cc(C)cc1OC)C2. The van der Waals surface area contributed by atoms with Crippen LogP contribution in [0.2, 0.25) is 0 Å². The molecular formula is C18H18O4. The number of carbonyl (C=O) groups excluding carboxylic acids is 1. The molecule has 114 valence electrons. The summed E-state index contributed by atoms with van der Waals surface area (Å²) in [7, 11) is 4.75. The number of hydrogen-bond donors (Lipinski definition) is 0. The van der Waals surface area contributed by atoms with E-state index < -0.39 is 0 Å². The molecule has 0 atom stereocenters. The minimum Gasteiger partial charge on any atom is -0.497 e. The maximum atomic E-state index is 13.0. The monoisotopic (exact) mass is 298 g/mol. The van der Waals surface area contributed by atoms with E-state index in [1.807, 2.05) is 25.1 Å². The lowest BCUT2D eigenvalue weighted by atomic mass is 9.83. The number of carbonyl (C=O) groups is 1. The van der Waals surface area contributed by atoms with Crippen LogP contribution in [0, 0.1) is 6.92 Å². The fourth-order valence-electron chi connectivity index (χ4n) is 3.04. The van der Waals surface area contributed by atoms with Crippen LogP contribution in [0.4, 0.5) is 0 Å². The molecule has 0 spiro atoms. The van der Waals surface area contributed by atoms with Crippen molar-refractivity contribution in [2.45, 2.75) is 13.3 Å². The standard InChI is InChI=1S/C18H18O4/c1-10-5-11-7-12-8-13(20-2)9-15(22-4)17(12)18(19)16(11)14(6-10)21-3/h5-6,8-9H,7H2,1-4H3. The molecule has 0 saturated carbocycles. The molecule has 0 radical (unpaired) electrons. The van der Waals surface area contributed by atoms with Crippen molar-refractivity contribution in [3.63, 3.8) is 0 Å². The van der Waals surface area contributed by atoms with E-state index in [2.05, 4.69) is 0 Å². The van der Waals surface area contributed by atoms with Crippen molar-refractivity contribution in [1.29, 1.82) is 0 Å². The fraction of sp³-hybridized carbons (Fsp3) is 0.278. The highest BCUT2D eigenvalue weighted by Crippen LogP contribution is 2.39. The number of hydrogen-bond acceptors (Lipinski definition) is 4. The van der Waals surface area contributed by atoms with Crippen LogP contribution in [-0.2, 0) is 6.42 Å². The predicted molar refractivity (Wildman–Crippen MR) is 83.5 cm³/mol. The van der Waals surface area contributed by atoms with E-state index in [1.54, 1.807) is 27.4 Å². The summed E-state index contributed by atoms with van der Waals surface area (Å²) in [5, 5.41) is 0. The summed E-state index contributed by atoms with van der Waals surface area (Å²) in [6.07, 6.45) is 0.655. The molecule has 0 amide bonds. The van der Waals surface area contributed by atoms with Crippen molar-refractivity contribution in [2.24, 2.45) is 0 Å². The van der Waals surface area contributed by atoms with Crippen LogP contribution in [-0.4, -0.2) is 27.1 Å². The Labute approximate surface area is 129 Å². The molecule has 1 aliphatic rings. The van der Waals surface area contributed by atoms with Crippen molar-refractivity contribution in [1.82, 2.24) is 0 Å². The zero-order chi connectivity index (χ0) is 15.9. The summed E-state index contributed by atoms with van der Waals surface area (Å²) in [5.41, 5.74) is 4.19. The van der Waals surface area contributed by atoms with Crippen LogP contribution >= 0.6 is 0 Å². The minimum atomic E-state index is -0.0624. The minimum absolute atomic E-state index is 0.0624. The predicted octanol–water partition coefficient (Wildman–Crippen LogP) is 3.16. The van der Waals surface area contributed by atoms with Crippen molar-refractivity contribution in [2.75, 3.05) is 21.3 Å². The first-order chi connectivity index (χ1) is 10.6. The Morgan fingerprint density at radius 1 is 0.818 bits per heavy atom. The quantitative estimate of drug-likeness (QED) is 0.745. The first-order valence-electron chi connectivity index (χ1n) is 7.06. The molecule has 2 aromatic rings. The van der Waals surface area contributed by atoms with Crippen molar-refractivity contribution < 1.29 is 19.0 Å². The summed E-state index contributed by atoms with van der Waals surface area (Å²) in [6, 6.07) is 7.55. The van der Waals surface area contributed by atoms with E-state index in [-0.39, 0.29) is 5.78 Å². The van der Waals surface area contributed by atoms with E-state index >= 15 is 0 Å². The van der Waals surface area contributed by atoms with Crippen molar-refractivity contribution in [3.8, 4) is 17.2 Å². The lowest BCUT2D eigenvalue weighted by molar-refractivity contribution is 0.102. The number of fused-ring (bicyclic) bond motifs is 2. The van der Waals surface area contributed by atoms with Crippen LogP contribution < -0.4 is 14.2 Å². The number of ether oxygens (including phenoxy) is 3. The highest BCUT2D eigenvalue weighted by Gasteiger charge is 2.30. The lowest BCUT2D eigenvalue weighted by Gasteiger charge is -2.23. The Balaban J connectivity index is 2.25. The normalized spacial score (nSPS) is 12.5. The molecule has 0 bridgehead atoms. The third-order valence-electron chi connectivity index (χ3n) is 4.00. The van der Waals surface area contributed by atoms with Gasteiger partial charge < -0.3 is 14.2 Å². The highest BCUT2D eigenvalue weighted by atomic mass is 16.5. The van der Waals surface area contributed by atoms with Gasteiger partial charge in [0.05, 0.1) is 32.5 Å². The molecule has 0 heterocycles. The number of methoxy groups -OCH3 is 3. The summed E-state index contributed by atoms with van der Waals surface area (Å²) in [4.78, 5) is 13.0. The van der Waals surface area contributed by atoms with Crippen molar-refractivity contribution >= 4 is 5.78 Å². The largest absolute Gasteiger partial charge is 0.497 e. The van der Waals surface area contributed by atoms with Crippen LogP contribution in [0.25, 0.3) is 0 Å². The molecule has 3 rings (SSSR count). The maximum Gasteiger partial charge on any atom is 0.201 e. The van der Waals surface area contributed by atoms with E-state index in [1.165, 1.54) is 0 Å². The Kier molecular flexibility index (Phi) is 3.53. The molecule has 0 saturated heterocycles. The summed E-state index contributed by atoms with van der Waals surface area (Å²) >= 11 is 0. The molecule has 22 heavy (non-hydrogen) atoms. The van der Waals surface area contributed by atoms with E-state index in [9.17, 15) is 4.79 Å². The number of benzene rings is 2. The molecular weight excluding hydrogens is 280 g/mol. The van der Waals surface area contributed by atoms with Crippen LogP contribution in [0.1, 0.15) is 32.6 Å². The molecule has 0 fully saturated rings. The second-order valence-electron chi connectivity index (χ2n) is 5.37. The number of ketones is 1. The van der Waals surface area contributed by atoms with Gasteiger partial charge in [0.2, 0.25) is 5.78 Å². The van der Waals surface area contributed by atoms with Gasteiger partial charge in [0.1, 0.15) is 17.2 Å². The van der Waals surface area contributed by atoms with Gasteiger partial charge in [-0.25, -0.2) is 0 Å². The van der Waals surface area contributed by atoms with E-state index in [4.69, 9.17) is 14.2 Å². The average molecular weight is 298 g/mol. The van der Waals surface area contributed by atoms with Gasteiger partial charge in [-0.1, -0.05) is 6.07 Å². The lowest BCUT2D eigenvalue weighted by Crippen LogP contribution is -2.18. The second-order valence-corrected chi connectivity index (χ2v) is 5.37. The molecule has 0 unspecified atom stereocenters. The topological polar surface area (TPSA) is 44.8 Å². The summed E-state index contributed by atoms with van der Waals surface area (Å²) in [6.45, 7) is 1.99. The Hall–Kier alpha value is -2.49. The zero-order valence-electron chi connectivity index (χ0n) is 13.1. The molecule has 0 aromatic heterocycles. The average Bonchev–Trinajstić information content (AvgIpc) is 2.52. The highest BCUT2D eigenvalue weighted by molar-refractivity contribution is 6.15. The van der Waals surface area contributed by atoms with Gasteiger partial charge in [-0.15, -0.1) is 0 Å². The van der Waals surface area contributed by atoms with Gasteiger partial charge in [-0.2, -0.15) is 0 Å². The van der Waals surface area contributed by atoms with Gasteiger partial charge in [0.25, 0.3) is 0 Å². The zero-order valence-corrected chi connectivity index (χ0v) is 13.1.